The molecule has 1 heterocycles. The van der Waals surface area contributed by atoms with E-state index < -0.39 is 13.7 Å². The van der Waals surface area contributed by atoms with Gasteiger partial charge in [0, 0.05) is 13.0 Å². The molecule has 10 heavy (non-hydrogen) atoms. The summed E-state index contributed by atoms with van der Waals surface area (Å²) in [5.74, 6) is -0.451. The van der Waals surface area contributed by atoms with Gasteiger partial charge in [-0.3, -0.25) is 4.79 Å². The molecule has 0 bridgehead atoms. The van der Waals surface area contributed by atoms with Gasteiger partial charge >= 0.3 is 7.75 Å². The van der Waals surface area contributed by atoms with Crippen LogP contribution in [0.2, 0.25) is 0 Å². The predicted molar refractivity (Wildman–Crippen MR) is 33.0 cm³/mol. The van der Waals surface area contributed by atoms with E-state index in [0.29, 0.717) is 11.1 Å². The molecule has 0 saturated carbocycles. The molecule has 0 aromatic rings. The minimum absolute atomic E-state index is 0.184. The van der Waals surface area contributed by atoms with Crippen LogP contribution in [-0.2, 0) is 9.36 Å². The molecule has 0 aliphatic carbocycles. The molecular formula is C4H8NO4P. The third-order valence-electron chi connectivity index (χ3n) is 1.36. The minimum Gasteiger partial charge on any atom is -0.308 e. The van der Waals surface area contributed by atoms with Crippen LogP contribution < -0.4 is 0 Å². The highest BCUT2D eigenvalue weighted by Gasteiger charge is 2.33. The van der Waals surface area contributed by atoms with Crippen LogP contribution in [0.5, 0.6) is 0 Å². The number of amides is 1. The van der Waals surface area contributed by atoms with Gasteiger partial charge < -0.3 is 9.79 Å². The molecule has 0 aromatic heterocycles. The molecular weight excluding hydrogens is 157 g/mol. The van der Waals surface area contributed by atoms with Crippen molar-refractivity contribution in [3.63, 3.8) is 0 Å². The summed E-state index contributed by atoms with van der Waals surface area (Å²) in [7, 11) is -4.29. The Balaban J connectivity index is 2.74. The Bertz CT molecular complexity index is 197. The highest BCUT2D eigenvalue weighted by atomic mass is 31.2. The molecule has 0 unspecified atom stereocenters. The van der Waals surface area contributed by atoms with Gasteiger partial charge in [0.25, 0.3) is 0 Å². The number of carbonyl (C=O) groups excluding carboxylic acids is 1. The Labute approximate surface area is 57.9 Å². The topological polar surface area (TPSA) is 77.8 Å². The van der Waals surface area contributed by atoms with Gasteiger partial charge in [-0.2, -0.15) is 0 Å². The van der Waals surface area contributed by atoms with Gasteiger partial charge in [-0.1, -0.05) is 0 Å². The molecule has 1 aliphatic heterocycles. The van der Waals surface area contributed by atoms with Crippen LogP contribution in [0.4, 0.5) is 0 Å². The summed E-state index contributed by atoms with van der Waals surface area (Å²) in [5, 5.41) is 0. The molecule has 1 aliphatic rings. The van der Waals surface area contributed by atoms with E-state index in [1.165, 1.54) is 0 Å². The molecule has 0 radical (unpaired) electrons. The van der Waals surface area contributed by atoms with E-state index in [1.807, 2.05) is 0 Å². The fourth-order valence-corrected chi connectivity index (χ4v) is 1.70. The van der Waals surface area contributed by atoms with Gasteiger partial charge in [-0.05, 0) is 6.42 Å². The van der Waals surface area contributed by atoms with Gasteiger partial charge in [0.1, 0.15) is 0 Å². The summed E-state index contributed by atoms with van der Waals surface area (Å²) in [6.45, 7) is 0.184. The van der Waals surface area contributed by atoms with Crippen molar-refractivity contribution in [3.05, 3.63) is 0 Å². The van der Waals surface area contributed by atoms with Crippen LogP contribution in [0.15, 0.2) is 0 Å². The second kappa shape index (κ2) is 2.34. The van der Waals surface area contributed by atoms with E-state index in [9.17, 15) is 9.36 Å². The van der Waals surface area contributed by atoms with E-state index in [-0.39, 0.29) is 13.0 Å². The molecule has 0 aromatic carbocycles. The first kappa shape index (κ1) is 7.72. The lowest BCUT2D eigenvalue weighted by molar-refractivity contribution is -0.124. The first-order chi connectivity index (χ1) is 4.52. The van der Waals surface area contributed by atoms with Crippen molar-refractivity contribution in [3.8, 4) is 0 Å². The van der Waals surface area contributed by atoms with E-state index >= 15 is 0 Å². The predicted octanol–water partition coefficient (Wildman–Crippen LogP) is -0.298. The summed E-state index contributed by atoms with van der Waals surface area (Å²) in [6, 6.07) is 0. The van der Waals surface area contributed by atoms with E-state index in [2.05, 4.69) is 0 Å². The molecule has 1 fully saturated rings. The second-order valence-corrected chi connectivity index (χ2v) is 3.64. The van der Waals surface area contributed by atoms with Crippen molar-refractivity contribution in [2.45, 2.75) is 12.8 Å². The molecule has 6 heteroatoms. The summed E-state index contributed by atoms with van der Waals surface area (Å²) in [6.07, 6.45) is 0.801. The zero-order valence-corrected chi connectivity index (χ0v) is 6.12. The van der Waals surface area contributed by atoms with E-state index in [4.69, 9.17) is 9.79 Å². The van der Waals surface area contributed by atoms with Crippen LogP contribution in [-0.4, -0.2) is 26.9 Å². The summed E-state index contributed by atoms with van der Waals surface area (Å²) in [5.41, 5.74) is 0. The van der Waals surface area contributed by atoms with Crippen LogP contribution in [0.3, 0.4) is 0 Å². The molecule has 1 saturated heterocycles. The fraction of sp³-hybridized carbons (Fsp3) is 0.750. The van der Waals surface area contributed by atoms with Crippen LogP contribution in [0.1, 0.15) is 12.8 Å². The SMILES string of the molecule is O=C1CCCN1P(=O)(O)O. The first-order valence-corrected chi connectivity index (χ1v) is 4.45. The Morgan fingerprint density at radius 2 is 2.10 bits per heavy atom. The normalized spacial score (nSPS) is 20.2. The van der Waals surface area contributed by atoms with Crippen molar-refractivity contribution >= 4 is 13.7 Å². The highest BCUT2D eigenvalue weighted by Crippen LogP contribution is 2.42. The largest absolute Gasteiger partial charge is 0.432 e. The molecule has 1 amide bonds. The number of rotatable bonds is 1. The average molecular weight is 165 g/mol. The molecule has 1 rings (SSSR count). The lowest BCUT2D eigenvalue weighted by atomic mass is 10.4. The third-order valence-corrected chi connectivity index (χ3v) is 2.42. The maximum atomic E-state index is 10.7. The minimum atomic E-state index is -4.29. The smallest absolute Gasteiger partial charge is 0.308 e. The Morgan fingerprint density at radius 1 is 1.50 bits per heavy atom. The monoisotopic (exact) mass is 165 g/mol. The van der Waals surface area contributed by atoms with Crippen LogP contribution in [0, 0.1) is 0 Å². The zero-order chi connectivity index (χ0) is 7.78. The van der Waals surface area contributed by atoms with Crippen LogP contribution in [0.25, 0.3) is 0 Å². The van der Waals surface area contributed by atoms with Gasteiger partial charge in [0.15, 0.2) is 0 Å². The van der Waals surface area contributed by atoms with Crippen LogP contribution >= 0.6 is 7.75 Å². The Hall–Kier alpha value is -0.380. The number of hydrogen-bond donors (Lipinski definition) is 2. The van der Waals surface area contributed by atoms with Gasteiger partial charge in [-0.25, -0.2) is 9.24 Å². The fourth-order valence-electron chi connectivity index (χ4n) is 0.909. The van der Waals surface area contributed by atoms with Crippen molar-refractivity contribution in [2.75, 3.05) is 6.54 Å². The summed E-state index contributed by atoms with van der Waals surface area (Å²) in [4.78, 5) is 27.7. The third kappa shape index (κ3) is 1.37. The maximum absolute atomic E-state index is 10.7. The number of nitrogens with zero attached hydrogens (tertiary/aromatic N) is 1. The lowest BCUT2D eigenvalue weighted by Crippen LogP contribution is -2.20. The Kier molecular flexibility index (Phi) is 1.81. The highest BCUT2D eigenvalue weighted by molar-refractivity contribution is 7.50. The van der Waals surface area contributed by atoms with Crippen molar-refractivity contribution in [1.29, 1.82) is 0 Å². The van der Waals surface area contributed by atoms with Gasteiger partial charge in [0.05, 0.1) is 0 Å². The second-order valence-electron chi connectivity index (χ2n) is 2.13. The van der Waals surface area contributed by atoms with Gasteiger partial charge in [0.2, 0.25) is 5.91 Å². The van der Waals surface area contributed by atoms with E-state index in [1.54, 1.807) is 0 Å². The Morgan fingerprint density at radius 3 is 2.30 bits per heavy atom. The summed E-state index contributed by atoms with van der Waals surface area (Å²) < 4.78 is 11.1. The van der Waals surface area contributed by atoms with Gasteiger partial charge in [-0.15, -0.1) is 0 Å². The quantitative estimate of drug-likeness (QED) is 0.523. The molecule has 0 atom stereocenters. The standard InChI is InChI=1S/C4H8NO4P/c6-4-2-1-3-5(4)10(7,8)9/h1-3H2,(H2,7,8,9). The van der Waals surface area contributed by atoms with Crippen molar-refractivity contribution in [1.82, 2.24) is 4.67 Å². The lowest BCUT2D eigenvalue weighted by Gasteiger charge is -2.15. The van der Waals surface area contributed by atoms with E-state index in [0.717, 1.165) is 0 Å². The molecule has 0 spiro atoms. The van der Waals surface area contributed by atoms with Crippen molar-refractivity contribution < 1.29 is 19.1 Å². The average Bonchev–Trinajstić information content (AvgIpc) is 2.11. The maximum Gasteiger partial charge on any atom is 0.432 e. The van der Waals surface area contributed by atoms with Crippen molar-refractivity contribution in [2.24, 2.45) is 0 Å². The molecule has 5 nitrogen and oxygen atoms in total. The first-order valence-electron chi connectivity index (χ1n) is 2.88. The number of carbonyl (C=O) groups is 1. The summed E-state index contributed by atoms with van der Waals surface area (Å²) >= 11 is 0. The molecule has 2 N–H and O–H groups in total. The molecule has 58 valence electrons. The number of hydrogen-bond acceptors (Lipinski definition) is 2. The zero-order valence-electron chi connectivity index (χ0n) is 5.23.